The number of hydrogen-bond donors (Lipinski definition) is 0. The van der Waals surface area contributed by atoms with E-state index in [-0.39, 0.29) is 17.7 Å². The van der Waals surface area contributed by atoms with Crippen LogP contribution in [0.5, 0.6) is 5.75 Å². The molecule has 0 amide bonds. The van der Waals surface area contributed by atoms with Gasteiger partial charge in [0.25, 0.3) is 0 Å². The van der Waals surface area contributed by atoms with Crippen LogP contribution in [0.1, 0.15) is 24.8 Å². The van der Waals surface area contributed by atoms with E-state index >= 15 is 0 Å². The molecule has 2 nitrogen and oxygen atoms in total. The van der Waals surface area contributed by atoms with Gasteiger partial charge in [-0.1, -0.05) is 0 Å². The van der Waals surface area contributed by atoms with E-state index in [9.17, 15) is 9.18 Å². The molecule has 3 heteroatoms. The minimum Gasteiger partial charge on any atom is -0.485 e. The second-order valence-electron chi connectivity index (χ2n) is 4.20. The number of rotatable bonds is 0. The van der Waals surface area contributed by atoms with E-state index < -0.39 is 0 Å². The predicted molar refractivity (Wildman–Crippen MR) is 57.7 cm³/mol. The molecule has 16 heavy (non-hydrogen) atoms. The Morgan fingerprint density at radius 2 is 2.25 bits per heavy atom. The summed E-state index contributed by atoms with van der Waals surface area (Å²) in [4.78, 5) is 11.7. The minimum atomic E-state index is -0.305. The SMILES string of the molecule is O=C1CCCC2Oc3ccc(F)cc3C=C12. The van der Waals surface area contributed by atoms with Crippen molar-refractivity contribution in [2.24, 2.45) is 0 Å². The van der Waals surface area contributed by atoms with Gasteiger partial charge in [0.05, 0.1) is 0 Å². The van der Waals surface area contributed by atoms with Crippen molar-refractivity contribution in [3.8, 4) is 5.75 Å². The Labute approximate surface area is 92.7 Å². The second kappa shape index (κ2) is 3.44. The molecule has 1 aliphatic heterocycles. The molecule has 1 aliphatic carbocycles. The van der Waals surface area contributed by atoms with Crippen LogP contribution in [0.4, 0.5) is 4.39 Å². The van der Waals surface area contributed by atoms with E-state index in [1.54, 1.807) is 12.1 Å². The first-order valence-electron chi connectivity index (χ1n) is 5.45. The molecule has 0 N–H and O–H groups in total. The number of benzene rings is 1. The Balaban J connectivity index is 2.09. The van der Waals surface area contributed by atoms with Crippen molar-refractivity contribution in [1.82, 2.24) is 0 Å². The lowest BCUT2D eigenvalue weighted by Gasteiger charge is -2.29. The summed E-state index contributed by atoms with van der Waals surface area (Å²) in [5.41, 5.74) is 1.37. The van der Waals surface area contributed by atoms with Crippen LogP contribution >= 0.6 is 0 Å². The van der Waals surface area contributed by atoms with Gasteiger partial charge in [0.1, 0.15) is 17.7 Å². The summed E-state index contributed by atoms with van der Waals surface area (Å²) < 4.78 is 18.8. The topological polar surface area (TPSA) is 26.3 Å². The molecule has 2 aliphatic rings. The van der Waals surface area contributed by atoms with E-state index in [4.69, 9.17) is 4.74 Å². The summed E-state index contributed by atoms with van der Waals surface area (Å²) in [6.45, 7) is 0. The molecule has 1 fully saturated rings. The van der Waals surface area contributed by atoms with E-state index in [0.717, 1.165) is 12.8 Å². The molecule has 3 rings (SSSR count). The molecular weight excluding hydrogens is 207 g/mol. The van der Waals surface area contributed by atoms with Gasteiger partial charge < -0.3 is 4.74 Å². The number of fused-ring (bicyclic) bond motifs is 2. The standard InChI is InChI=1S/C13H11FO2/c14-9-4-5-12-8(6-9)7-10-11(15)2-1-3-13(10)16-12/h4-7,13H,1-3H2. The van der Waals surface area contributed by atoms with E-state index in [2.05, 4.69) is 0 Å². The van der Waals surface area contributed by atoms with Gasteiger partial charge in [-0.2, -0.15) is 0 Å². The second-order valence-corrected chi connectivity index (χ2v) is 4.20. The van der Waals surface area contributed by atoms with Crippen LogP contribution < -0.4 is 4.74 Å². The molecule has 1 heterocycles. The monoisotopic (exact) mass is 218 g/mol. The molecule has 1 unspecified atom stereocenters. The molecule has 0 radical (unpaired) electrons. The number of carbonyl (C=O) groups excluding carboxylic acids is 1. The third-order valence-electron chi connectivity index (χ3n) is 3.09. The van der Waals surface area contributed by atoms with Crippen molar-refractivity contribution >= 4 is 11.9 Å². The number of ether oxygens (including phenoxy) is 1. The molecule has 0 bridgehead atoms. The molecule has 1 saturated carbocycles. The maximum atomic E-state index is 13.0. The van der Waals surface area contributed by atoms with E-state index in [1.165, 1.54) is 12.1 Å². The molecule has 0 spiro atoms. The normalized spacial score (nSPS) is 22.9. The molecule has 0 aromatic heterocycles. The quantitative estimate of drug-likeness (QED) is 0.669. The number of carbonyl (C=O) groups is 1. The summed E-state index contributed by atoms with van der Waals surface area (Å²) in [5.74, 6) is 0.497. The predicted octanol–water partition coefficient (Wildman–Crippen LogP) is 2.72. The Bertz CT molecular complexity index is 491. The van der Waals surface area contributed by atoms with Gasteiger partial charge in [-0.15, -0.1) is 0 Å². The Morgan fingerprint density at radius 3 is 3.12 bits per heavy atom. The lowest BCUT2D eigenvalue weighted by atomic mass is 9.87. The molecule has 82 valence electrons. The number of halogens is 1. The van der Waals surface area contributed by atoms with Crippen molar-refractivity contribution in [2.75, 3.05) is 0 Å². The Kier molecular flexibility index (Phi) is 2.06. The van der Waals surface area contributed by atoms with Crippen LogP contribution in [0.25, 0.3) is 6.08 Å². The average molecular weight is 218 g/mol. The first-order valence-corrected chi connectivity index (χ1v) is 5.45. The van der Waals surface area contributed by atoms with E-state index in [0.29, 0.717) is 23.3 Å². The highest BCUT2D eigenvalue weighted by Gasteiger charge is 2.30. The number of ketones is 1. The highest BCUT2D eigenvalue weighted by Crippen LogP contribution is 2.35. The molecule has 1 aromatic rings. The van der Waals surface area contributed by atoms with Gasteiger partial charge in [0.2, 0.25) is 0 Å². The van der Waals surface area contributed by atoms with Crippen LogP contribution in [0, 0.1) is 5.82 Å². The van der Waals surface area contributed by atoms with Gasteiger partial charge in [-0.25, -0.2) is 4.39 Å². The fourth-order valence-corrected chi connectivity index (χ4v) is 2.28. The van der Waals surface area contributed by atoms with Crippen molar-refractivity contribution in [3.05, 3.63) is 35.2 Å². The fraction of sp³-hybridized carbons (Fsp3) is 0.308. The first-order chi connectivity index (χ1) is 7.74. The summed E-state index contributed by atoms with van der Waals surface area (Å²) in [5, 5.41) is 0. The van der Waals surface area contributed by atoms with Crippen LogP contribution in [-0.2, 0) is 4.79 Å². The summed E-state index contributed by atoms with van der Waals surface area (Å²) in [6, 6.07) is 4.40. The van der Waals surface area contributed by atoms with Crippen molar-refractivity contribution < 1.29 is 13.9 Å². The third kappa shape index (κ3) is 1.43. The van der Waals surface area contributed by atoms with E-state index in [1.807, 2.05) is 0 Å². The summed E-state index contributed by atoms with van der Waals surface area (Å²) in [6.07, 6.45) is 3.97. The molecule has 1 aromatic carbocycles. The summed E-state index contributed by atoms with van der Waals surface area (Å²) in [7, 11) is 0. The Hall–Kier alpha value is -1.64. The Morgan fingerprint density at radius 1 is 1.38 bits per heavy atom. The maximum Gasteiger partial charge on any atom is 0.162 e. The third-order valence-corrected chi connectivity index (χ3v) is 3.09. The zero-order chi connectivity index (χ0) is 11.1. The summed E-state index contributed by atoms with van der Waals surface area (Å²) >= 11 is 0. The van der Waals surface area contributed by atoms with Crippen molar-refractivity contribution in [1.29, 1.82) is 0 Å². The van der Waals surface area contributed by atoms with Crippen molar-refractivity contribution in [3.63, 3.8) is 0 Å². The zero-order valence-corrected chi connectivity index (χ0v) is 8.70. The van der Waals surface area contributed by atoms with Crippen LogP contribution in [0.15, 0.2) is 23.8 Å². The van der Waals surface area contributed by atoms with Gasteiger partial charge in [0.15, 0.2) is 5.78 Å². The first kappa shape index (κ1) is 9.58. The molecular formula is C13H11FO2. The minimum absolute atomic E-state index is 0.126. The number of hydrogen-bond acceptors (Lipinski definition) is 2. The van der Waals surface area contributed by atoms with Crippen LogP contribution in [0.3, 0.4) is 0 Å². The van der Waals surface area contributed by atoms with Gasteiger partial charge >= 0.3 is 0 Å². The van der Waals surface area contributed by atoms with Crippen LogP contribution in [-0.4, -0.2) is 11.9 Å². The lowest BCUT2D eigenvalue weighted by Crippen LogP contribution is -2.31. The lowest BCUT2D eigenvalue weighted by molar-refractivity contribution is -0.117. The van der Waals surface area contributed by atoms with Crippen molar-refractivity contribution in [2.45, 2.75) is 25.4 Å². The highest BCUT2D eigenvalue weighted by molar-refractivity contribution is 6.02. The zero-order valence-electron chi connectivity index (χ0n) is 8.70. The smallest absolute Gasteiger partial charge is 0.162 e. The van der Waals surface area contributed by atoms with Gasteiger partial charge in [0, 0.05) is 17.6 Å². The average Bonchev–Trinajstić information content (AvgIpc) is 2.28. The number of Topliss-reactive ketones (excluding diaryl/α,β-unsaturated/α-hetero) is 1. The maximum absolute atomic E-state index is 13.0. The highest BCUT2D eigenvalue weighted by atomic mass is 19.1. The fourth-order valence-electron chi connectivity index (χ4n) is 2.28. The van der Waals surface area contributed by atoms with Gasteiger partial charge in [-0.05, 0) is 37.1 Å². The molecule has 0 saturated heterocycles. The molecule has 1 atom stereocenters. The van der Waals surface area contributed by atoms with Gasteiger partial charge in [-0.3, -0.25) is 4.79 Å². The largest absolute Gasteiger partial charge is 0.485 e. The van der Waals surface area contributed by atoms with Crippen LogP contribution in [0.2, 0.25) is 0 Å².